The number of fused-ring (bicyclic) bond motifs is 1. The lowest BCUT2D eigenvalue weighted by Crippen LogP contribution is -2.41. The first kappa shape index (κ1) is 28.6. The molecule has 1 atom stereocenters. The monoisotopic (exact) mass is 573 g/mol. The number of aromatic nitrogens is 3. The van der Waals surface area contributed by atoms with Crippen molar-refractivity contribution in [2.24, 2.45) is 5.92 Å². The zero-order valence-electron chi connectivity index (χ0n) is 24.7. The molecule has 1 saturated heterocycles. The Bertz CT molecular complexity index is 1640. The molecular formula is C36H39N5O2. The highest BCUT2D eigenvalue weighted by molar-refractivity contribution is 5.86. The molecule has 2 heterocycles. The van der Waals surface area contributed by atoms with Crippen molar-refractivity contribution in [3.63, 3.8) is 0 Å². The number of hydrogen-bond acceptors (Lipinski definition) is 5. The summed E-state index contributed by atoms with van der Waals surface area (Å²) in [6.07, 6.45) is 3.91. The van der Waals surface area contributed by atoms with Crippen molar-refractivity contribution in [1.29, 1.82) is 0 Å². The summed E-state index contributed by atoms with van der Waals surface area (Å²) in [5, 5.41) is 18.7. The molecule has 1 fully saturated rings. The Hall–Kier alpha value is -4.49. The van der Waals surface area contributed by atoms with Crippen molar-refractivity contribution in [1.82, 2.24) is 25.4 Å². The fourth-order valence-electron chi connectivity index (χ4n) is 6.05. The van der Waals surface area contributed by atoms with E-state index in [4.69, 9.17) is 14.9 Å². The number of aryl methyl sites for hydroxylation is 2. The molecule has 1 aliphatic heterocycles. The van der Waals surface area contributed by atoms with Gasteiger partial charge in [-0.25, -0.2) is 0 Å². The van der Waals surface area contributed by atoms with E-state index in [0.29, 0.717) is 13.0 Å². The van der Waals surface area contributed by atoms with Crippen molar-refractivity contribution in [3.8, 4) is 5.75 Å². The zero-order chi connectivity index (χ0) is 29.4. The van der Waals surface area contributed by atoms with Gasteiger partial charge in [0.1, 0.15) is 11.6 Å². The van der Waals surface area contributed by atoms with Crippen molar-refractivity contribution >= 4 is 16.7 Å². The molecule has 2 N–H and O–H groups in total. The summed E-state index contributed by atoms with van der Waals surface area (Å²) in [6, 6.07) is 33.1. The van der Waals surface area contributed by atoms with Gasteiger partial charge in [-0.3, -0.25) is 4.79 Å². The van der Waals surface area contributed by atoms with Crippen molar-refractivity contribution in [2.45, 2.75) is 44.7 Å². The van der Waals surface area contributed by atoms with Gasteiger partial charge >= 0.3 is 0 Å². The molecule has 0 aliphatic carbocycles. The number of hydrogen-bond donors (Lipinski definition) is 2. The van der Waals surface area contributed by atoms with Gasteiger partial charge in [0.15, 0.2) is 5.82 Å². The van der Waals surface area contributed by atoms with Crippen LogP contribution in [0, 0.1) is 5.92 Å². The number of rotatable bonds is 11. The van der Waals surface area contributed by atoms with Crippen LogP contribution in [0.1, 0.15) is 47.2 Å². The summed E-state index contributed by atoms with van der Waals surface area (Å²) in [5.74, 6) is 2.60. The van der Waals surface area contributed by atoms with E-state index < -0.39 is 0 Å². The van der Waals surface area contributed by atoms with Crippen molar-refractivity contribution < 1.29 is 9.53 Å². The fraction of sp³-hybridized carbons (Fsp3) is 0.306. The minimum Gasteiger partial charge on any atom is -0.497 e. The Kier molecular flexibility index (Phi) is 9.09. The summed E-state index contributed by atoms with van der Waals surface area (Å²) in [4.78, 5) is 13.7. The molecule has 0 radical (unpaired) electrons. The van der Waals surface area contributed by atoms with Gasteiger partial charge in [-0.15, -0.1) is 10.2 Å². The number of piperidine rings is 1. The first-order chi connectivity index (χ1) is 21.2. The highest BCUT2D eigenvalue weighted by atomic mass is 16.5. The topological polar surface area (TPSA) is 81.1 Å². The van der Waals surface area contributed by atoms with Gasteiger partial charge in [-0.1, -0.05) is 84.9 Å². The predicted molar refractivity (Wildman–Crippen MR) is 170 cm³/mol. The molecule has 1 unspecified atom stereocenters. The maximum absolute atomic E-state index is 13.7. The van der Waals surface area contributed by atoms with Gasteiger partial charge < -0.3 is 19.9 Å². The molecule has 7 nitrogen and oxygen atoms in total. The number of benzene rings is 4. The summed E-state index contributed by atoms with van der Waals surface area (Å²) in [6.45, 7) is 2.33. The number of carbonyl (C=O) groups excluding carboxylic acids is 1. The molecule has 43 heavy (non-hydrogen) atoms. The van der Waals surface area contributed by atoms with Crippen LogP contribution in [0.15, 0.2) is 97.1 Å². The fourth-order valence-corrected chi connectivity index (χ4v) is 6.05. The Balaban J connectivity index is 1.37. The lowest BCUT2D eigenvalue weighted by atomic mass is 9.95. The summed E-state index contributed by atoms with van der Waals surface area (Å²) < 4.78 is 7.61. The van der Waals surface area contributed by atoms with Crippen LogP contribution in [0.2, 0.25) is 0 Å². The lowest BCUT2D eigenvalue weighted by molar-refractivity contribution is -0.126. The number of carbonyl (C=O) groups is 1. The van der Waals surface area contributed by atoms with E-state index in [9.17, 15) is 4.79 Å². The van der Waals surface area contributed by atoms with E-state index in [1.807, 2.05) is 18.2 Å². The smallest absolute Gasteiger partial charge is 0.223 e. The van der Waals surface area contributed by atoms with Gasteiger partial charge in [-0.05, 0) is 71.9 Å². The van der Waals surface area contributed by atoms with E-state index in [0.717, 1.165) is 61.7 Å². The van der Waals surface area contributed by atoms with Crippen molar-refractivity contribution in [3.05, 3.63) is 125 Å². The Morgan fingerprint density at radius 1 is 0.884 bits per heavy atom. The first-order valence-corrected chi connectivity index (χ1v) is 15.2. The third-order valence-corrected chi connectivity index (χ3v) is 8.48. The van der Waals surface area contributed by atoms with Gasteiger partial charge in [0.05, 0.1) is 19.7 Å². The number of methoxy groups -OCH3 is 1. The summed E-state index contributed by atoms with van der Waals surface area (Å²) in [7, 11) is 1.68. The highest BCUT2D eigenvalue weighted by Crippen LogP contribution is 2.27. The number of nitrogens with one attached hydrogen (secondary N) is 2. The molecular weight excluding hydrogens is 534 g/mol. The molecule has 7 heteroatoms. The van der Waals surface area contributed by atoms with E-state index in [2.05, 4.69) is 94.1 Å². The molecule has 6 rings (SSSR count). The third kappa shape index (κ3) is 6.95. The molecule has 5 aromatic rings. The maximum atomic E-state index is 13.7. The van der Waals surface area contributed by atoms with Gasteiger partial charge in [0.25, 0.3) is 0 Å². The van der Waals surface area contributed by atoms with Crippen LogP contribution in [-0.4, -0.2) is 40.9 Å². The number of nitrogens with zero attached hydrogens (tertiary/aromatic N) is 3. The normalized spacial score (nSPS) is 14.4. The highest BCUT2D eigenvalue weighted by Gasteiger charge is 2.28. The quantitative estimate of drug-likeness (QED) is 0.213. The summed E-state index contributed by atoms with van der Waals surface area (Å²) in [5.41, 5.74) is 3.56. The Labute approximate surface area is 253 Å². The zero-order valence-corrected chi connectivity index (χ0v) is 24.7. The van der Waals surface area contributed by atoms with Gasteiger partial charge in [0.2, 0.25) is 5.91 Å². The molecule has 1 aromatic heterocycles. The molecule has 1 amide bonds. The second-order valence-electron chi connectivity index (χ2n) is 11.3. The summed E-state index contributed by atoms with van der Waals surface area (Å²) >= 11 is 0. The van der Waals surface area contributed by atoms with E-state index >= 15 is 0 Å². The molecule has 0 spiro atoms. The maximum Gasteiger partial charge on any atom is 0.223 e. The molecule has 0 bridgehead atoms. The third-order valence-electron chi connectivity index (χ3n) is 8.48. The second kappa shape index (κ2) is 13.7. The minimum atomic E-state index is -0.329. The number of ether oxygens (including phenoxy) is 1. The largest absolute Gasteiger partial charge is 0.497 e. The lowest BCUT2D eigenvalue weighted by Gasteiger charge is -2.26. The van der Waals surface area contributed by atoms with Crippen LogP contribution in [0.25, 0.3) is 10.8 Å². The van der Waals surface area contributed by atoms with Crippen LogP contribution in [-0.2, 0) is 30.6 Å². The van der Waals surface area contributed by atoms with E-state index in [-0.39, 0.29) is 17.9 Å². The Morgan fingerprint density at radius 3 is 2.42 bits per heavy atom. The van der Waals surface area contributed by atoms with Crippen LogP contribution < -0.4 is 15.4 Å². The van der Waals surface area contributed by atoms with Crippen LogP contribution in [0.4, 0.5) is 0 Å². The molecule has 0 saturated carbocycles. The average Bonchev–Trinajstić information content (AvgIpc) is 3.46. The minimum absolute atomic E-state index is 0.00761. The average molecular weight is 574 g/mol. The second-order valence-corrected chi connectivity index (χ2v) is 11.3. The van der Waals surface area contributed by atoms with Gasteiger partial charge in [0, 0.05) is 18.8 Å². The Morgan fingerprint density at radius 2 is 1.63 bits per heavy atom. The van der Waals surface area contributed by atoms with E-state index in [1.165, 1.54) is 21.9 Å². The van der Waals surface area contributed by atoms with E-state index in [1.54, 1.807) is 7.11 Å². The predicted octanol–water partition coefficient (Wildman–Crippen LogP) is 5.67. The van der Waals surface area contributed by atoms with Gasteiger partial charge in [-0.2, -0.15) is 0 Å². The van der Waals surface area contributed by atoms with Crippen LogP contribution in [0.5, 0.6) is 5.75 Å². The molecule has 1 aliphatic rings. The van der Waals surface area contributed by atoms with Crippen LogP contribution >= 0.6 is 0 Å². The SMILES string of the molecule is COc1ccc(Cn2c(CCc3ccccc3)nnc2C(Cc2cccc3ccccc23)NC(=O)C2CCNCC2)cc1. The molecule has 220 valence electrons. The van der Waals surface area contributed by atoms with Crippen molar-refractivity contribution in [2.75, 3.05) is 20.2 Å². The number of amides is 1. The standard InChI is InChI=1S/C36H39N5O2/c1-43-31-17-14-27(15-18-31)25-41-34(19-16-26-8-3-2-4-9-26)39-40-35(41)33(38-36(42)29-20-22-37-23-21-29)24-30-12-7-11-28-10-5-6-13-32(28)30/h2-15,17-18,29,33,37H,16,19-25H2,1H3,(H,38,42). The van der Waals surface area contributed by atoms with Crippen LogP contribution in [0.3, 0.4) is 0 Å². The molecule has 4 aromatic carbocycles. The first-order valence-electron chi connectivity index (χ1n) is 15.2.